The van der Waals surface area contributed by atoms with E-state index in [-0.39, 0.29) is 11.8 Å². The molecule has 30 heavy (non-hydrogen) atoms. The summed E-state index contributed by atoms with van der Waals surface area (Å²) in [5, 5.41) is 3.27. The predicted molar refractivity (Wildman–Crippen MR) is 123 cm³/mol. The van der Waals surface area contributed by atoms with E-state index < -0.39 is 0 Å². The maximum Gasteiger partial charge on any atom is 0.251 e. The average molecular weight is 417 g/mol. The number of amides is 2. The summed E-state index contributed by atoms with van der Waals surface area (Å²) in [4.78, 5) is 26.0. The smallest absolute Gasteiger partial charge is 0.251 e. The molecule has 0 fully saturated rings. The van der Waals surface area contributed by atoms with E-state index in [0.29, 0.717) is 17.1 Å². The SMILES string of the molecule is CNC(=O)c1ccc(-c2ccc3c(c2)CN(C(C)=O)c2ccc(Cl)cc2/C=C\3)cc1. The first-order chi connectivity index (χ1) is 14.5. The number of hydrogen-bond donors (Lipinski definition) is 1. The second-order valence-electron chi connectivity index (χ2n) is 7.21. The molecule has 150 valence electrons. The zero-order valence-corrected chi connectivity index (χ0v) is 17.5. The normalized spacial score (nSPS) is 13.5. The molecule has 3 aromatic carbocycles. The van der Waals surface area contributed by atoms with E-state index in [1.807, 2.05) is 42.5 Å². The maximum absolute atomic E-state index is 12.4. The van der Waals surface area contributed by atoms with Gasteiger partial charge in [-0.1, -0.05) is 48.0 Å². The highest BCUT2D eigenvalue weighted by atomic mass is 35.5. The van der Waals surface area contributed by atoms with Crippen LogP contribution in [0.3, 0.4) is 0 Å². The summed E-state index contributed by atoms with van der Waals surface area (Å²) in [6, 6.07) is 19.3. The number of carbonyl (C=O) groups excluding carboxylic acids is 2. The lowest BCUT2D eigenvalue weighted by Gasteiger charge is -2.26. The second kappa shape index (κ2) is 8.17. The van der Waals surface area contributed by atoms with Crippen molar-refractivity contribution in [3.63, 3.8) is 0 Å². The van der Waals surface area contributed by atoms with Crippen molar-refractivity contribution in [1.29, 1.82) is 0 Å². The molecule has 0 radical (unpaired) electrons. The lowest BCUT2D eigenvalue weighted by molar-refractivity contribution is -0.116. The average Bonchev–Trinajstić information content (AvgIpc) is 2.74. The lowest BCUT2D eigenvalue weighted by atomic mass is 9.95. The van der Waals surface area contributed by atoms with Gasteiger partial charge in [-0.25, -0.2) is 0 Å². The molecule has 0 saturated heterocycles. The molecule has 0 unspecified atom stereocenters. The molecule has 0 atom stereocenters. The van der Waals surface area contributed by atoms with Gasteiger partial charge in [0.2, 0.25) is 5.91 Å². The number of hydrogen-bond acceptors (Lipinski definition) is 2. The number of halogens is 1. The van der Waals surface area contributed by atoms with E-state index in [0.717, 1.165) is 33.5 Å². The molecule has 1 N–H and O–H groups in total. The minimum Gasteiger partial charge on any atom is -0.355 e. The zero-order chi connectivity index (χ0) is 21.3. The molecule has 0 aliphatic carbocycles. The van der Waals surface area contributed by atoms with Gasteiger partial charge in [-0.15, -0.1) is 0 Å². The molecular formula is C25H21ClN2O2. The number of fused-ring (bicyclic) bond motifs is 2. The second-order valence-corrected chi connectivity index (χ2v) is 7.65. The van der Waals surface area contributed by atoms with E-state index in [1.165, 1.54) is 0 Å². The fourth-order valence-electron chi connectivity index (χ4n) is 3.66. The molecule has 0 spiro atoms. The molecule has 4 nitrogen and oxygen atoms in total. The minimum atomic E-state index is -0.110. The standard InChI is InChI=1S/C25H21ClN2O2/c1-16(29)28-15-22-13-20(17-3-7-19(8-4-17)25(30)27-2)9-5-18(22)6-10-21-14-23(26)11-12-24(21)28/h3-14H,15H2,1-2H3,(H,27,30)/b10-6-. The van der Waals surface area contributed by atoms with Crippen molar-refractivity contribution in [2.45, 2.75) is 13.5 Å². The van der Waals surface area contributed by atoms with Gasteiger partial charge in [-0.2, -0.15) is 0 Å². The van der Waals surface area contributed by atoms with Crippen LogP contribution in [0, 0.1) is 0 Å². The summed E-state index contributed by atoms with van der Waals surface area (Å²) in [5.74, 6) is -0.138. The van der Waals surface area contributed by atoms with Crippen LogP contribution in [-0.2, 0) is 11.3 Å². The minimum absolute atomic E-state index is 0.0276. The van der Waals surface area contributed by atoms with Crippen LogP contribution in [0.5, 0.6) is 0 Å². The summed E-state index contributed by atoms with van der Waals surface area (Å²) >= 11 is 6.16. The summed E-state index contributed by atoms with van der Waals surface area (Å²) in [5.41, 5.74) is 6.52. The van der Waals surface area contributed by atoms with Crippen LogP contribution in [0.15, 0.2) is 60.7 Å². The first-order valence-corrected chi connectivity index (χ1v) is 10.1. The molecule has 2 amide bonds. The Balaban J connectivity index is 1.75. The highest BCUT2D eigenvalue weighted by Crippen LogP contribution is 2.32. The van der Waals surface area contributed by atoms with Crippen LogP contribution in [0.1, 0.15) is 34.0 Å². The van der Waals surface area contributed by atoms with Gasteiger partial charge in [0.25, 0.3) is 5.91 Å². The number of anilines is 1. The molecule has 3 aromatic rings. The van der Waals surface area contributed by atoms with E-state index in [2.05, 4.69) is 29.6 Å². The largest absolute Gasteiger partial charge is 0.355 e. The van der Waals surface area contributed by atoms with E-state index in [9.17, 15) is 9.59 Å². The van der Waals surface area contributed by atoms with Gasteiger partial charge in [0.15, 0.2) is 0 Å². The third-order valence-electron chi connectivity index (χ3n) is 5.28. The van der Waals surface area contributed by atoms with Crippen molar-refractivity contribution in [1.82, 2.24) is 5.32 Å². The Bertz CT molecular complexity index is 1170. The van der Waals surface area contributed by atoms with Crippen molar-refractivity contribution < 1.29 is 9.59 Å². The van der Waals surface area contributed by atoms with Gasteiger partial charge >= 0.3 is 0 Å². The molecule has 1 aliphatic heterocycles. The van der Waals surface area contributed by atoms with Gasteiger partial charge in [-0.05, 0) is 64.2 Å². The van der Waals surface area contributed by atoms with Gasteiger partial charge in [0.1, 0.15) is 0 Å². The summed E-state index contributed by atoms with van der Waals surface area (Å²) in [6.07, 6.45) is 4.05. The Morgan fingerprint density at radius 3 is 2.30 bits per heavy atom. The fourth-order valence-corrected chi connectivity index (χ4v) is 3.84. The van der Waals surface area contributed by atoms with Crippen molar-refractivity contribution in [3.05, 3.63) is 87.9 Å². The van der Waals surface area contributed by atoms with Crippen LogP contribution in [0.2, 0.25) is 5.02 Å². The highest BCUT2D eigenvalue weighted by molar-refractivity contribution is 6.30. The molecule has 5 heteroatoms. The summed E-state index contributed by atoms with van der Waals surface area (Å²) in [6.45, 7) is 2.04. The van der Waals surface area contributed by atoms with Crippen LogP contribution in [-0.4, -0.2) is 18.9 Å². The van der Waals surface area contributed by atoms with Gasteiger partial charge in [0, 0.05) is 24.6 Å². The van der Waals surface area contributed by atoms with E-state index in [1.54, 1.807) is 24.9 Å². The van der Waals surface area contributed by atoms with E-state index >= 15 is 0 Å². The fraction of sp³-hybridized carbons (Fsp3) is 0.120. The lowest BCUT2D eigenvalue weighted by Crippen LogP contribution is -2.29. The molecule has 1 heterocycles. The number of rotatable bonds is 2. The third-order valence-corrected chi connectivity index (χ3v) is 5.52. The van der Waals surface area contributed by atoms with Crippen molar-refractivity contribution in [3.8, 4) is 11.1 Å². The van der Waals surface area contributed by atoms with Crippen LogP contribution in [0.4, 0.5) is 5.69 Å². The predicted octanol–water partition coefficient (Wildman–Crippen LogP) is 5.40. The van der Waals surface area contributed by atoms with Crippen molar-refractivity contribution in [2.75, 3.05) is 11.9 Å². The number of carbonyl (C=O) groups is 2. The van der Waals surface area contributed by atoms with Gasteiger partial charge in [-0.3, -0.25) is 9.59 Å². The summed E-state index contributed by atoms with van der Waals surface area (Å²) in [7, 11) is 1.62. The Morgan fingerprint density at radius 1 is 0.900 bits per heavy atom. The Morgan fingerprint density at radius 2 is 1.60 bits per heavy atom. The zero-order valence-electron chi connectivity index (χ0n) is 16.8. The molecule has 0 saturated carbocycles. The number of benzene rings is 3. The Kier molecular flexibility index (Phi) is 5.42. The first-order valence-electron chi connectivity index (χ1n) is 9.67. The monoisotopic (exact) mass is 416 g/mol. The summed E-state index contributed by atoms with van der Waals surface area (Å²) < 4.78 is 0. The number of nitrogens with one attached hydrogen (secondary N) is 1. The van der Waals surface area contributed by atoms with Crippen molar-refractivity contribution in [2.24, 2.45) is 0 Å². The molecule has 4 rings (SSSR count). The number of nitrogens with zero attached hydrogens (tertiary/aromatic N) is 1. The maximum atomic E-state index is 12.4. The molecule has 0 bridgehead atoms. The molecule has 0 aromatic heterocycles. The van der Waals surface area contributed by atoms with Crippen LogP contribution >= 0.6 is 11.6 Å². The first kappa shape index (κ1) is 19.9. The Labute approximate surface area is 180 Å². The van der Waals surface area contributed by atoms with Gasteiger partial charge in [0.05, 0.1) is 12.2 Å². The van der Waals surface area contributed by atoms with Crippen molar-refractivity contribution >= 4 is 41.3 Å². The molecule has 1 aliphatic rings. The third kappa shape index (κ3) is 3.87. The molecular weight excluding hydrogens is 396 g/mol. The van der Waals surface area contributed by atoms with Gasteiger partial charge < -0.3 is 10.2 Å². The Hall–Kier alpha value is -3.37. The van der Waals surface area contributed by atoms with E-state index in [4.69, 9.17) is 11.6 Å². The highest BCUT2D eigenvalue weighted by Gasteiger charge is 2.19. The quantitative estimate of drug-likeness (QED) is 0.607. The topological polar surface area (TPSA) is 49.4 Å². The van der Waals surface area contributed by atoms with Crippen LogP contribution < -0.4 is 10.2 Å². The van der Waals surface area contributed by atoms with Crippen LogP contribution in [0.25, 0.3) is 23.3 Å².